The van der Waals surface area contributed by atoms with E-state index in [0.29, 0.717) is 22.5 Å². The summed E-state index contributed by atoms with van der Waals surface area (Å²) in [5.41, 5.74) is 1.69. The Morgan fingerprint density at radius 3 is 2.65 bits per heavy atom. The SMILES string of the molecule is COc1ccc(CCNC(=O)Cn2ccc(=O)c3cc(Cl)ccc32)cc1. The quantitative estimate of drug-likeness (QED) is 0.725. The van der Waals surface area contributed by atoms with Gasteiger partial charge in [-0.3, -0.25) is 9.59 Å². The highest BCUT2D eigenvalue weighted by atomic mass is 35.5. The molecule has 0 radical (unpaired) electrons. The molecule has 2 aromatic carbocycles. The zero-order valence-electron chi connectivity index (χ0n) is 14.4. The number of benzene rings is 2. The van der Waals surface area contributed by atoms with Gasteiger partial charge < -0.3 is 14.6 Å². The molecule has 0 atom stereocenters. The Labute approximate surface area is 156 Å². The van der Waals surface area contributed by atoms with Crippen LogP contribution in [0.3, 0.4) is 0 Å². The summed E-state index contributed by atoms with van der Waals surface area (Å²) >= 11 is 5.96. The number of rotatable bonds is 6. The van der Waals surface area contributed by atoms with Crippen LogP contribution in [0.5, 0.6) is 5.75 Å². The Morgan fingerprint density at radius 2 is 1.92 bits per heavy atom. The molecular formula is C20H19ClN2O3. The molecule has 3 aromatic rings. The third-order valence-corrected chi connectivity index (χ3v) is 4.38. The summed E-state index contributed by atoms with van der Waals surface area (Å²) in [5, 5.41) is 3.91. The first-order valence-electron chi connectivity index (χ1n) is 8.25. The first-order valence-corrected chi connectivity index (χ1v) is 8.63. The van der Waals surface area contributed by atoms with Crippen molar-refractivity contribution in [3.63, 3.8) is 0 Å². The number of fused-ring (bicyclic) bond motifs is 1. The van der Waals surface area contributed by atoms with E-state index in [1.165, 1.54) is 6.07 Å². The van der Waals surface area contributed by atoms with Gasteiger partial charge in [0.2, 0.25) is 5.91 Å². The largest absolute Gasteiger partial charge is 0.497 e. The van der Waals surface area contributed by atoms with Crippen LogP contribution in [-0.2, 0) is 17.8 Å². The molecule has 0 aliphatic heterocycles. The minimum absolute atomic E-state index is 0.112. The van der Waals surface area contributed by atoms with E-state index in [1.54, 1.807) is 36.1 Å². The average molecular weight is 371 g/mol. The van der Waals surface area contributed by atoms with Gasteiger partial charge in [-0.2, -0.15) is 0 Å². The summed E-state index contributed by atoms with van der Waals surface area (Å²) < 4.78 is 6.87. The van der Waals surface area contributed by atoms with Crippen LogP contribution < -0.4 is 15.5 Å². The Balaban J connectivity index is 1.62. The highest BCUT2D eigenvalue weighted by Gasteiger charge is 2.07. The number of amides is 1. The lowest BCUT2D eigenvalue weighted by Gasteiger charge is -2.11. The molecule has 6 heteroatoms. The van der Waals surface area contributed by atoms with Gasteiger partial charge in [-0.15, -0.1) is 0 Å². The van der Waals surface area contributed by atoms with E-state index in [-0.39, 0.29) is 17.9 Å². The van der Waals surface area contributed by atoms with Crippen molar-refractivity contribution in [3.8, 4) is 5.75 Å². The fourth-order valence-corrected chi connectivity index (χ4v) is 2.94. The summed E-state index contributed by atoms with van der Waals surface area (Å²) in [7, 11) is 1.63. The van der Waals surface area contributed by atoms with Crippen molar-refractivity contribution in [3.05, 3.63) is 75.5 Å². The van der Waals surface area contributed by atoms with E-state index >= 15 is 0 Å². The van der Waals surface area contributed by atoms with Gasteiger partial charge in [0.05, 0.1) is 12.6 Å². The molecule has 1 N–H and O–H groups in total. The molecule has 0 spiro atoms. The molecule has 0 aliphatic rings. The molecule has 26 heavy (non-hydrogen) atoms. The number of carbonyl (C=O) groups excluding carboxylic acids is 1. The number of carbonyl (C=O) groups is 1. The summed E-state index contributed by atoms with van der Waals surface area (Å²) in [4.78, 5) is 24.2. The summed E-state index contributed by atoms with van der Waals surface area (Å²) in [5.74, 6) is 0.696. The molecule has 0 unspecified atom stereocenters. The maximum absolute atomic E-state index is 12.2. The summed E-state index contributed by atoms with van der Waals surface area (Å²) in [6, 6.07) is 14.3. The number of nitrogens with one attached hydrogen (secondary N) is 1. The molecule has 1 aromatic heterocycles. The lowest BCUT2D eigenvalue weighted by Crippen LogP contribution is -2.29. The van der Waals surface area contributed by atoms with Crippen molar-refractivity contribution in [1.82, 2.24) is 9.88 Å². The molecule has 0 aliphatic carbocycles. The monoisotopic (exact) mass is 370 g/mol. The number of ether oxygens (including phenoxy) is 1. The Morgan fingerprint density at radius 1 is 1.15 bits per heavy atom. The van der Waals surface area contributed by atoms with Crippen LogP contribution in [0.25, 0.3) is 10.9 Å². The number of methoxy groups -OCH3 is 1. The third kappa shape index (κ3) is 4.24. The van der Waals surface area contributed by atoms with E-state index in [9.17, 15) is 9.59 Å². The van der Waals surface area contributed by atoms with Crippen molar-refractivity contribution in [2.45, 2.75) is 13.0 Å². The molecule has 0 bridgehead atoms. The van der Waals surface area contributed by atoms with E-state index in [1.807, 2.05) is 24.3 Å². The van der Waals surface area contributed by atoms with Crippen molar-refractivity contribution >= 4 is 28.4 Å². The van der Waals surface area contributed by atoms with Gasteiger partial charge in [0.15, 0.2) is 5.43 Å². The summed E-state index contributed by atoms with van der Waals surface area (Å²) in [6.45, 7) is 0.677. The van der Waals surface area contributed by atoms with E-state index < -0.39 is 0 Å². The standard InChI is InChI=1S/C20H19ClN2O3/c1-26-16-5-2-14(3-6-16)8-10-22-20(25)13-23-11-9-19(24)17-12-15(21)4-7-18(17)23/h2-7,9,11-12H,8,10,13H2,1H3,(H,22,25). The highest BCUT2D eigenvalue weighted by Crippen LogP contribution is 2.16. The highest BCUT2D eigenvalue weighted by molar-refractivity contribution is 6.31. The number of halogens is 1. The number of nitrogens with zero attached hydrogens (tertiary/aromatic N) is 1. The molecule has 3 rings (SSSR count). The average Bonchev–Trinajstić information content (AvgIpc) is 2.65. The smallest absolute Gasteiger partial charge is 0.239 e. The normalized spacial score (nSPS) is 10.7. The van der Waals surface area contributed by atoms with Gasteiger partial charge >= 0.3 is 0 Å². The third-order valence-electron chi connectivity index (χ3n) is 4.15. The van der Waals surface area contributed by atoms with E-state index in [4.69, 9.17) is 16.3 Å². The second-order valence-corrected chi connectivity index (χ2v) is 6.35. The fourth-order valence-electron chi connectivity index (χ4n) is 2.77. The Hall–Kier alpha value is -2.79. The topological polar surface area (TPSA) is 60.3 Å². The van der Waals surface area contributed by atoms with Gasteiger partial charge in [0.1, 0.15) is 12.3 Å². The molecule has 0 saturated heterocycles. The van der Waals surface area contributed by atoms with E-state index in [0.717, 1.165) is 17.7 Å². The minimum atomic E-state index is -0.113. The van der Waals surface area contributed by atoms with Gasteiger partial charge in [-0.25, -0.2) is 0 Å². The first-order chi connectivity index (χ1) is 12.6. The van der Waals surface area contributed by atoms with Crippen molar-refractivity contribution < 1.29 is 9.53 Å². The minimum Gasteiger partial charge on any atom is -0.497 e. The Kier molecular flexibility index (Phi) is 5.58. The van der Waals surface area contributed by atoms with Crippen molar-refractivity contribution in [1.29, 1.82) is 0 Å². The first kappa shape index (κ1) is 18.0. The van der Waals surface area contributed by atoms with Crippen LogP contribution in [0.15, 0.2) is 59.5 Å². The van der Waals surface area contributed by atoms with Crippen molar-refractivity contribution in [2.24, 2.45) is 0 Å². The van der Waals surface area contributed by atoms with E-state index in [2.05, 4.69) is 5.32 Å². The molecule has 1 heterocycles. The van der Waals surface area contributed by atoms with Crippen LogP contribution in [0.2, 0.25) is 5.02 Å². The molecule has 0 fully saturated rings. The van der Waals surface area contributed by atoms with Gasteiger partial charge in [-0.05, 0) is 42.3 Å². The molecule has 1 amide bonds. The number of hydrogen-bond acceptors (Lipinski definition) is 3. The van der Waals surface area contributed by atoms with Crippen LogP contribution in [0.1, 0.15) is 5.56 Å². The zero-order valence-corrected chi connectivity index (χ0v) is 15.1. The van der Waals surface area contributed by atoms with Gasteiger partial charge in [-0.1, -0.05) is 23.7 Å². The van der Waals surface area contributed by atoms with Crippen molar-refractivity contribution in [2.75, 3.05) is 13.7 Å². The lowest BCUT2D eigenvalue weighted by molar-refractivity contribution is -0.121. The Bertz CT molecular complexity index is 981. The maximum Gasteiger partial charge on any atom is 0.239 e. The number of pyridine rings is 1. The molecule has 134 valence electrons. The fraction of sp³-hybridized carbons (Fsp3) is 0.200. The maximum atomic E-state index is 12.2. The molecule has 5 nitrogen and oxygen atoms in total. The predicted molar refractivity (Wildman–Crippen MR) is 103 cm³/mol. The van der Waals surface area contributed by atoms with Crippen LogP contribution in [-0.4, -0.2) is 24.1 Å². The van der Waals surface area contributed by atoms with Gasteiger partial charge in [0.25, 0.3) is 0 Å². The molecule has 0 saturated carbocycles. The summed E-state index contributed by atoms with van der Waals surface area (Å²) in [6.07, 6.45) is 2.36. The number of aromatic nitrogens is 1. The van der Waals surface area contributed by atoms with Crippen LogP contribution in [0.4, 0.5) is 0 Å². The zero-order chi connectivity index (χ0) is 18.5. The van der Waals surface area contributed by atoms with Crippen LogP contribution >= 0.6 is 11.6 Å². The molecular weight excluding hydrogens is 352 g/mol. The second kappa shape index (κ2) is 8.06. The second-order valence-electron chi connectivity index (χ2n) is 5.92. The lowest BCUT2D eigenvalue weighted by atomic mass is 10.1. The van der Waals surface area contributed by atoms with Crippen LogP contribution in [0, 0.1) is 0 Å². The van der Waals surface area contributed by atoms with Gasteiger partial charge in [0, 0.05) is 29.2 Å². The number of hydrogen-bond donors (Lipinski definition) is 1. The predicted octanol–water partition coefficient (Wildman–Crippen LogP) is 3.02.